The van der Waals surface area contributed by atoms with Gasteiger partial charge in [0.2, 0.25) is 0 Å². The minimum Gasteiger partial charge on any atom is -0.330 e. The quantitative estimate of drug-likeness (QED) is 0.852. The standard InChI is InChI=1S/C12H15N3O/c1-8-3-4-9(2)10(7-8)12-11(5-6-13)14-16-15-12/h3-4,7H,5-6,13H2,1-2H3. The predicted octanol–water partition coefficient (Wildman–Crippen LogP) is 1.85. The summed E-state index contributed by atoms with van der Waals surface area (Å²) < 4.78 is 4.79. The van der Waals surface area contributed by atoms with Crippen LogP contribution in [-0.2, 0) is 6.42 Å². The molecule has 0 amide bonds. The lowest BCUT2D eigenvalue weighted by molar-refractivity contribution is 0.304. The van der Waals surface area contributed by atoms with Gasteiger partial charge in [0.25, 0.3) is 0 Å². The van der Waals surface area contributed by atoms with Gasteiger partial charge in [-0.2, -0.15) is 0 Å². The number of benzene rings is 1. The van der Waals surface area contributed by atoms with Crippen molar-refractivity contribution < 1.29 is 4.63 Å². The molecule has 2 N–H and O–H groups in total. The van der Waals surface area contributed by atoms with Gasteiger partial charge in [-0.1, -0.05) is 22.9 Å². The maximum atomic E-state index is 5.53. The lowest BCUT2D eigenvalue weighted by Crippen LogP contribution is -2.04. The van der Waals surface area contributed by atoms with Crippen molar-refractivity contribution in [3.05, 3.63) is 35.0 Å². The number of aromatic nitrogens is 2. The molecule has 4 heteroatoms. The van der Waals surface area contributed by atoms with E-state index >= 15 is 0 Å². The number of nitrogens with two attached hydrogens (primary N) is 1. The fourth-order valence-corrected chi connectivity index (χ4v) is 1.70. The van der Waals surface area contributed by atoms with Crippen LogP contribution >= 0.6 is 0 Å². The van der Waals surface area contributed by atoms with E-state index in [-0.39, 0.29) is 0 Å². The highest BCUT2D eigenvalue weighted by Gasteiger charge is 2.13. The first-order valence-electron chi connectivity index (χ1n) is 5.31. The largest absolute Gasteiger partial charge is 0.330 e. The molecule has 0 aliphatic rings. The van der Waals surface area contributed by atoms with E-state index in [0.717, 1.165) is 17.0 Å². The molecule has 0 aliphatic heterocycles. The fourth-order valence-electron chi connectivity index (χ4n) is 1.70. The monoisotopic (exact) mass is 217 g/mol. The van der Waals surface area contributed by atoms with E-state index in [9.17, 15) is 0 Å². The molecule has 16 heavy (non-hydrogen) atoms. The van der Waals surface area contributed by atoms with Crippen molar-refractivity contribution in [3.63, 3.8) is 0 Å². The van der Waals surface area contributed by atoms with E-state index < -0.39 is 0 Å². The first-order chi connectivity index (χ1) is 7.72. The van der Waals surface area contributed by atoms with Crippen LogP contribution in [0.3, 0.4) is 0 Å². The van der Waals surface area contributed by atoms with Crippen LogP contribution in [-0.4, -0.2) is 16.9 Å². The third-order valence-corrected chi connectivity index (χ3v) is 2.59. The van der Waals surface area contributed by atoms with Crippen molar-refractivity contribution in [2.45, 2.75) is 20.3 Å². The Balaban J connectivity index is 2.49. The average Bonchev–Trinajstić information content (AvgIpc) is 2.70. The molecule has 4 nitrogen and oxygen atoms in total. The summed E-state index contributed by atoms with van der Waals surface area (Å²) in [6, 6.07) is 6.25. The Morgan fingerprint density at radius 2 is 2.06 bits per heavy atom. The summed E-state index contributed by atoms with van der Waals surface area (Å²) in [7, 11) is 0. The molecule has 0 aliphatic carbocycles. The van der Waals surface area contributed by atoms with Crippen LogP contribution in [0.25, 0.3) is 11.3 Å². The first-order valence-corrected chi connectivity index (χ1v) is 5.31. The number of rotatable bonds is 3. The molecule has 1 heterocycles. The summed E-state index contributed by atoms with van der Waals surface area (Å²) in [4.78, 5) is 0. The highest BCUT2D eigenvalue weighted by molar-refractivity contribution is 5.65. The van der Waals surface area contributed by atoms with Gasteiger partial charge >= 0.3 is 0 Å². The Bertz CT molecular complexity index is 491. The van der Waals surface area contributed by atoms with Gasteiger partial charge < -0.3 is 5.73 Å². The van der Waals surface area contributed by atoms with Crippen molar-refractivity contribution in [1.29, 1.82) is 0 Å². The minimum absolute atomic E-state index is 0.548. The van der Waals surface area contributed by atoms with Crippen LogP contribution in [0.5, 0.6) is 0 Å². The summed E-state index contributed by atoms with van der Waals surface area (Å²) in [5.74, 6) is 0. The van der Waals surface area contributed by atoms with Gasteiger partial charge in [0.05, 0.1) is 0 Å². The first kappa shape index (κ1) is 10.8. The number of aryl methyl sites for hydroxylation is 2. The second kappa shape index (κ2) is 4.45. The Morgan fingerprint density at radius 3 is 2.81 bits per heavy atom. The third-order valence-electron chi connectivity index (χ3n) is 2.59. The van der Waals surface area contributed by atoms with Gasteiger partial charge in [-0.05, 0) is 37.2 Å². The normalized spacial score (nSPS) is 10.7. The van der Waals surface area contributed by atoms with E-state index in [1.165, 1.54) is 11.1 Å². The smallest absolute Gasteiger partial charge is 0.138 e. The van der Waals surface area contributed by atoms with Gasteiger partial charge in [0.1, 0.15) is 11.4 Å². The lowest BCUT2D eigenvalue weighted by atomic mass is 10.0. The summed E-state index contributed by atoms with van der Waals surface area (Å²) in [6.45, 7) is 4.65. The van der Waals surface area contributed by atoms with Crippen molar-refractivity contribution in [3.8, 4) is 11.3 Å². The van der Waals surface area contributed by atoms with Crippen LogP contribution in [0.4, 0.5) is 0 Å². The van der Waals surface area contributed by atoms with Gasteiger partial charge in [0, 0.05) is 12.0 Å². The van der Waals surface area contributed by atoms with Crippen molar-refractivity contribution in [1.82, 2.24) is 10.3 Å². The van der Waals surface area contributed by atoms with Crippen LogP contribution in [0, 0.1) is 13.8 Å². The van der Waals surface area contributed by atoms with Crippen molar-refractivity contribution in [2.75, 3.05) is 6.54 Å². The lowest BCUT2D eigenvalue weighted by Gasteiger charge is -2.04. The van der Waals surface area contributed by atoms with Gasteiger partial charge in [-0.25, -0.2) is 4.63 Å². The molecule has 2 rings (SSSR count). The number of hydrogen-bond acceptors (Lipinski definition) is 4. The number of nitrogens with zero attached hydrogens (tertiary/aromatic N) is 2. The van der Waals surface area contributed by atoms with E-state index in [0.29, 0.717) is 13.0 Å². The molecule has 0 saturated carbocycles. The topological polar surface area (TPSA) is 64.9 Å². The van der Waals surface area contributed by atoms with Crippen LogP contribution in [0.2, 0.25) is 0 Å². The maximum absolute atomic E-state index is 5.53. The number of hydrogen-bond donors (Lipinski definition) is 1. The third kappa shape index (κ3) is 1.97. The molecule has 0 fully saturated rings. The average molecular weight is 217 g/mol. The Kier molecular flexibility index (Phi) is 3.01. The van der Waals surface area contributed by atoms with Crippen LogP contribution in [0.1, 0.15) is 16.8 Å². The van der Waals surface area contributed by atoms with Crippen molar-refractivity contribution >= 4 is 0 Å². The van der Waals surface area contributed by atoms with E-state index in [4.69, 9.17) is 10.4 Å². The summed E-state index contributed by atoms with van der Waals surface area (Å²) in [5.41, 5.74) is 10.6. The molecule has 0 bridgehead atoms. The Hall–Kier alpha value is -1.68. The molecule has 2 aromatic rings. The van der Waals surface area contributed by atoms with Crippen molar-refractivity contribution in [2.24, 2.45) is 5.73 Å². The highest BCUT2D eigenvalue weighted by atomic mass is 16.6. The zero-order chi connectivity index (χ0) is 11.5. The molecule has 1 aromatic heterocycles. The summed E-state index contributed by atoms with van der Waals surface area (Å²) >= 11 is 0. The van der Waals surface area contributed by atoms with E-state index in [2.05, 4.69) is 42.4 Å². The Labute approximate surface area is 94.4 Å². The molecule has 0 saturated heterocycles. The summed E-state index contributed by atoms with van der Waals surface area (Å²) in [5, 5.41) is 7.85. The van der Waals surface area contributed by atoms with Crippen LogP contribution in [0.15, 0.2) is 22.8 Å². The minimum atomic E-state index is 0.548. The summed E-state index contributed by atoms with van der Waals surface area (Å²) in [6.07, 6.45) is 0.687. The highest BCUT2D eigenvalue weighted by Crippen LogP contribution is 2.25. The zero-order valence-corrected chi connectivity index (χ0v) is 9.53. The van der Waals surface area contributed by atoms with E-state index in [1.807, 2.05) is 0 Å². The maximum Gasteiger partial charge on any atom is 0.138 e. The molecule has 1 aromatic carbocycles. The van der Waals surface area contributed by atoms with Crippen LogP contribution < -0.4 is 5.73 Å². The molecule has 84 valence electrons. The molecule has 0 spiro atoms. The molecular formula is C12H15N3O. The van der Waals surface area contributed by atoms with Gasteiger partial charge in [-0.15, -0.1) is 0 Å². The van der Waals surface area contributed by atoms with E-state index in [1.54, 1.807) is 0 Å². The zero-order valence-electron chi connectivity index (χ0n) is 9.53. The second-order valence-corrected chi connectivity index (χ2v) is 3.92. The second-order valence-electron chi connectivity index (χ2n) is 3.92. The van der Waals surface area contributed by atoms with Gasteiger partial charge in [0.15, 0.2) is 0 Å². The SMILES string of the molecule is Cc1ccc(C)c(-c2nonc2CCN)c1. The fraction of sp³-hybridized carbons (Fsp3) is 0.333. The molecular weight excluding hydrogens is 202 g/mol. The van der Waals surface area contributed by atoms with Gasteiger partial charge in [-0.3, -0.25) is 0 Å². The Morgan fingerprint density at radius 1 is 1.25 bits per heavy atom. The molecule has 0 unspecified atom stereocenters. The predicted molar refractivity (Wildman–Crippen MR) is 62.0 cm³/mol. The molecule has 0 atom stereocenters. The molecule has 0 radical (unpaired) electrons.